The van der Waals surface area contributed by atoms with Crippen LogP contribution in [0.4, 0.5) is 0 Å². The zero-order valence-electron chi connectivity index (χ0n) is 15.1. The van der Waals surface area contributed by atoms with Crippen molar-refractivity contribution < 1.29 is 14.3 Å². The van der Waals surface area contributed by atoms with Crippen molar-refractivity contribution in [1.82, 2.24) is 0 Å². The van der Waals surface area contributed by atoms with E-state index in [2.05, 4.69) is 26.0 Å². The topological polar surface area (TPSA) is 43.4 Å². The lowest BCUT2D eigenvalue weighted by atomic mass is 9.73. The summed E-state index contributed by atoms with van der Waals surface area (Å²) in [5, 5.41) is 0. The van der Waals surface area contributed by atoms with Crippen LogP contribution >= 0.6 is 0 Å². The largest absolute Gasteiger partial charge is 0.381 e. The summed E-state index contributed by atoms with van der Waals surface area (Å²) in [5.74, 6) is -0.311. The molecule has 0 N–H and O–H groups in total. The molecule has 1 aliphatic heterocycles. The molecule has 1 aromatic rings. The van der Waals surface area contributed by atoms with Crippen molar-refractivity contribution >= 4 is 11.6 Å². The average Bonchev–Trinajstić information content (AvgIpc) is 2.65. The number of aryl methyl sites for hydroxylation is 3. The van der Waals surface area contributed by atoms with Gasteiger partial charge < -0.3 is 4.74 Å². The molecule has 1 aliphatic carbocycles. The van der Waals surface area contributed by atoms with E-state index in [1.807, 2.05) is 6.92 Å². The quantitative estimate of drug-likeness (QED) is 0.769. The Hall–Kier alpha value is -1.48. The minimum Gasteiger partial charge on any atom is -0.381 e. The number of benzene rings is 1. The zero-order chi connectivity index (χ0) is 17.3. The molecule has 130 valence electrons. The molecule has 0 radical (unpaired) electrons. The Morgan fingerprint density at radius 1 is 1.08 bits per heavy atom. The third-order valence-corrected chi connectivity index (χ3v) is 5.93. The lowest BCUT2D eigenvalue weighted by molar-refractivity contribution is -0.129. The maximum atomic E-state index is 13.1. The Kier molecular flexibility index (Phi) is 4.91. The molecule has 1 spiro atoms. The van der Waals surface area contributed by atoms with Crippen molar-refractivity contribution in [2.45, 2.75) is 65.2 Å². The van der Waals surface area contributed by atoms with E-state index in [1.54, 1.807) is 0 Å². The summed E-state index contributed by atoms with van der Waals surface area (Å²) in [6.45, 7) is 7.65. The van der Waals surface area contributed by atoms with Gasteiger partial charge in [0.15, 0.2) is 0 Å². The molecule has 1 atom stereocenters. The predicted molar refractivity (Wildman–Crippen MR) is 94.4 cm³/mol. The van der Waals surface area contributed by atoms with Gasteiger partial charge in [-0.05, 0) is 61.6 Å². The van der Waals surface area contributed by atoms with Crippen LogP contribution in [-0.4, -0.2) is 24.8 Å². The SMILES string of the molecule is CCc1cc(C)cc(C)c1C1C(=O)CCC2(CCOCC2)CC1=O. The second-order valence-corrected chi connectivity index (χ2v) is 7.66. The van der Waals surface area contributed by atoms with E-state index in [-0.39, 0.29) is 17.0 Å². The standard InChI is InChI=1S/C21H28O3/c1-4-16-12-14(2)11-15(3)19(16)20-17(22)5-6-21(13-18(20)23)7-9-24-10-8-21/h11-12,20H,4-10,13H2,1-3H3. The van der Waals surface area contributed by atoms with Crippen LogP contribution in [0.2, 0.25) is 0 Å². The fourth-order valence-electron chi connectivity index (χ4n) is 4.60. The van der Waals surface area contributed by atoms with Gasteiger partial charge in [-0.1, -0.05) is 24.6 Å². The van der Waals surface area contributed by atoms with Crippen LogP contribution in [0.5, 0.6) is 0 Å². The molecule has 2 fully saturated rings. The Bertz CT molecular complexity index is 653. The molecular weight excluding hydrogens is 300 g/mol. The fourth-order valence-corrected chi connectivity index (χ4v) is 4.60. The molecule has 1 aromatic carbocycles. The second-order valence-electron chi connectivity index (χ2n) is 7.66. The van der Waals surface area contributed by atoms with Crippen molar-refractivity contribution in [3.63, 3.8) is 0 Å². The minimum atomic E-state index is -0.553. The summed E-state index contributed by atoms with van der Waals surface area (Å²) in [6, 6.07) is 4.24. The van der Waals surface area contributed by atoms with Crippen molar-refractivity contribution in [3.8, 4) is 0 Å². The first kappa shape index (κ1) is 17.3. The van der Waals surface area contributed by atoms with Crippen molar-refractivity contribution in [1.29, 1.82) is 0 Å². The Morgan fingerprint density at radius 3 is 2.46 bits per heavy atom. The third kappa shape index (κ3) is 3.19. The van der Waals surface area contributed by atoms with Crippen LogP contribution in [0.3, 0.4) is 0 Å². The number of carbonyl (C=O) groups excluding carboxylic acids is 2. The van der Waals surface area contributed by atoms with Gasteiger partial charge in [-0.2, -0.15) is 0 Å². The molecule has 0 aromatic heterocycles. The smallest absolute Gasteiger partial charge is 0.148 e. The van der Waals surface area contributed by atoms with E-state index in [0.29, 0.717) is 12.8 Å². The van der Waals surface area contributed by atoms with Crippen LogP contribution in [0.25, 0.3) is 0 Å². The lowest BCUT2D eigenvalue weighted by Crippen LogP contribution is -2.31. The number of ketones is 2. The molecule has 1 unspecified atom stereocenters. The normalized spacial score (nSPS) is 24.2. The molecular formula is C21H28O3. The fraction of sp³-hybridized carbons (Fsp3) is 0.619. The van der Waals surface area contributed by atoms with E-state index in [1.165, 1.54) is 5.56 Å². The zero-order valence-corrected chi connectivity index (χ0v) is 15.1. The molecule has 1 saturated carbocycles. The van der Waals surface area contributed by atoms with E-state index in [4.69, 9.17) is 4.74 Å². The molecule has 3 rings (SSSR count). The lowest BCUT2D eigenvalue weighted by Gasteiger charge is -2.35. The molecule has 1 saturated heterocycles. The van der Waals surface area contributed by atoms with Crippen LogP contribution in [0.1, 0.15) is 67.2 Å². The summed E-state index contributed by atoms with van der Waals surface area (Å²) in [7, 11) is 0. The van der Waals surface area contributed by atoms with E-state index >= 15 is 0 Å². The van der Waals surface area contributed by atoms with Gasteiger partial charge in [0.2, 0.25) is 0 Å². The highest BCUT2D eigenvalue weighted by atomic mass is 16.5. The maximum Gasteiger partial charge on any atom is 0.148 e. The van der Waals surface area contributed by atoms with Gasteiger partial charge in [-0.15, -0.1) is 0 Å². The van der Waals surface area contributed by atoms with E-state index in [0.717, 1.165) is 55.6 Å². The van der Waals surface area contributed by atoms with Crippen LogP contribution < -0.4 is 0 Å². The summed E-state index contributed by atoms with van der Waals surface area (Å²) >= 11 is 0. The summed E-state index contributed by atoms with van der Waals surface area (Å²) in [4.78, 5) is 26.0. The second kappa shape index (κ2) is 6.79. The van der Waals surface area contributed by atoms with Gasteiger partial charge in [0.05, 0.1) is 0 Å². The molecule has 0 bridgehead atoms. The Morgan fingerprint density at radius 2 is 1.79 bits per heavy atom. The highest BCUT2D eigenvalue weighted by Gasteiger charge is 2.43. The highest BCUT2D eigenvalue weighted by Crippen LogP contribution is 2.44. The first-order valence-corrected chi connectivity index (χ1v) is 9.19. The van der Waals surface area contributed by atoms with Crippen LogP contribution in [-0.2, 0) is 20.7 Å². The van der Waals surface area contributed by atoms with Gasteiger partial charge >= 0.3 is 0 Å². The number of hydrogen-bond donors (Lipinski definition) is 0. The molecule has 3 nitrogen and oxygen atoms in total. The van der Waals surface area contributed by atoms with Gasteiger partial charge in [-0.3, -0.25) is 9.59 Å². The number of rotatable bonds is 2. The predicted octanol–water partition coefficient (Wildman–Crippen LogP) is 4.07. The maximum absolute atomic E-state index is 13.1. The molecule has 24 heavy (non-hydrogen) atoms. The van der Waals surface area contributed by atoms with E-state index in [9.17, 15) is 9.59 Å². The van der Waals surface area contributed by atoms with Gasteiger partial charge in [0.25, 0.3) is 0 Å². The Balaban J connectivity index is 1.99. The molecule has 0 amide bonds. The van der Waals surface area contributed by atoms with Gasteiger partial charge in [0.1, 0.15) is 17.5 Å². The highest BCUT2D eigenvalue weighted by molar-refractivity contribution is 6.09. The molecule has 3 heteroatoms. The molecule has 2 aliphatic rings. The van der Waals surface area contributed by atoms with Crippen molar-refractivity contribution in [2.75, 3.05) is 13.2 Å². The van der Waals surface area contributed by atoms with Gasteiger partial charge in [-0.25, -0.2) is 0 Å². The minimum absolute atomic E-state index is 0.00920. The van der Waals surface area contributed by atoms with Crippen LogP contribution in [0.15, 0.2) is 12.1 Å². The average molecular weight is 328 g/mol. The summed E-state index contributed by atoms with van der Waals surface area (Å²) in [6.07, 6.45) is 4.56. The van der Waals surface area contributed by atoms with Crippen molar-refractivity contribution in [3.05, 3.63) is 34.4 Å². The third-order valence-electron chi connectivity index (χ3n) is 5.93. The van der Waals surface area contributed by atoms with Crippen molar-refractivity contribution in [2.24, 2.45) is 5.41 Å². The number of ether oxygens (including phenoxy) is 1. The molecule has 1 heterocycles. The first-order chi connectivity index (χ1) is 11.5. The number of carbonyl (C=O) groups is 2. The van der Waals surface area contributed by atoms with Crippen LogP contribution in [0, 0.1) is 19.3 Å². The van der Waals surface area contributed by atoms with E-state index < -0.39 is 5.92 Å². The van der Waals surface area contributed by atoms with Gasteiger partial charge in [0, 0.05) is 26.1 Å². The number of Topliss-reactive ketones (excluding diaryl/α,β-unsaturated/α-hetero) is 2. The Labute approximate surface area is 144 Å². The summed E-state index contributed by atoms with van der Waals surface area (Å²) < 4.78 is 5.48. The number of hydrogen-bond acceptors (Lipinski definition) is 3. The summed E-state index contributed by atoms with van der Waals surface area (Å²) in [5.41, 5.74) is 4.42. The monoisotopic (exact) mass is 328 g/mol. The first-order valence-electron chi connectivity index (χ1n) is 9.19.